The molecule has 24 heavy (non-hydrogen) atoms. The molecule has 0 aliphatic carbocycles. The van der Waals surface area contributed by atoms with Gasteiger partial charge in [-0.1, -0.05) is 43.0 Å². The van der Waals surface area contributed by atoms with Gasteiger partial charge in [0.05, 0.1) is 5.69 Å². The Kier molecular flexibility index (Phi) is 5.81. The molecule has 0 saturated heterocycles. The molecule has 0 atom stereocenters. The SMILES string of the molecule is C=CCc1c(C)c(C)c(/C=C/C)c(C(=C)C)c1Nc1ccccc1. The first-order valence-corrected chi connectivity index (χ1v) is 8.38. The summed E-state index contributed by atoms with van der Waals surface area (Å²) in [6.45, 7) is 16.7. The molecule has 2 rings (SSSR count). The van der Waals surface area contributed by atoms with Crippen LogP contribution in [0.4, 0.5) is 11.4 Å². The second kappa shape index (κ2) is 7.83. The summed E-state index contributed by atoms with van der Waals surface area (Å²) in [5.74, 6) is 0. The Morgan fingerprint density at radius 3 is 2.33 bits per heavy atom. The van der Waals surface area contributed by atoms with Crippen molar-refractivity contribution in [3.63, 3.8) is 0 Å². The predicted octanol–water partition coefficient (Wildman–Crippen LogP) is 6.84. The van der Waals surface area contributed by atoms with E-state index in [-0.39, 0.29) is 0 Å². The molecule has 0 aromatic heterocycles. The van der Waals surface area contributed by atoms with Crippen molar-refractivity contribution in [1.82, 2.24) is 0 Å². The number of hydrogen-bond donors (Lipinski definition) is 1. The number of hydrogen-bond acceptors (Lipinski definition) is 1. The quantitative estimate of drug-likeness (QED) is 0.575. The van der Waals surface area contributed by atoms with E-state index < -0.39 is 0 Å². The van der Waals surface area contributed by atoms with Crippen molar-refractivity contribution >= 4 is 23.0 Å². The third-order valence-corrected chi connectivity index (χ3v) is 4.39. The highest BCUT2D eigenvalue weighted by atomic mass is 14.9. The van der Waals surface area contributed by atoms with E-state index >= 15 is 0 Å². The van der Waals surface area contributed by atoms with Gasteiger partial charge in [-0.25, -0.2) is 0 Å². The number of nitrogens with one attached hydrogen (secondary N) is 1. The molecule has 0 fully saturated rings. The molecular formula is C23H27N. The fraction of sp³-hybridized carbons (Fsp3) is 0.217. The molecule has 0 aliphatic heterocycles. The lowest BCUT2D eigenvalue weighted by molar-refractivity contribution is 1.17. The van der Waals surface area contributed by atoms with Gasteiger partial charge in [-0.05, 0) is 74.1 Å². The minimum Gasteiger partial charge on any atom is -0.355 e. The third-order valence-electron chi connectivity index (χ3n) is 4.39. The van der Waals surface area contributed by atoms with Crippen LogP contribution in [-0.2, 0) is 6.42 Å². The van der Waals surface area contributed by atoms with Crippen LogP contribution >= 0.6 is 0 Å². The van der Waals surface area contributed by atoms with Crippen LogP contribution in [0.3, 0.4) is 0 Å². The molecule has 2 aromatic rings. The van der Waals surface area contributed by atoms with Gasteiger partial charge < -0.3 is 5.32 Å². The minimum atomic E-state index is 0.832. The lowest BCUT2D eigenvalue weighted by Gasteiger charge is -2.24. The van der Waals surface area contributed by atoms with Crippen LogP contribution in [0.1, 0.15) is 41.7 Å². The zero-order valence-corrected chi connectivity index (χ0v) is 15.2. The zero-order chi connectivity index (χ0) is 17.7. The van der Waals surface area contributed by atoms with Gasteiger partial charge in [-0.15, -0.1) is 6.58 Å². The summed E-state index contributed by atoms with van der Waals surface area (Å²) >= 11 is 0. The summed E-state index contributed by atoms with van der Waals surface area (Å²) < 4.78 is 0. The van der Waals surface area contributed by atoms with Gasteiger partial charge in [0.2, 0.25) is 0 Å². The van der Waals surface area contributed by atoms with Crippen LogP contribution in [0.15, 0.2) is 55.6 Å². The highest BCUT2D eigenvalue weighted by Gasteiger charge is 2.18. The van der Waals surface area contributed by atoms with E-state index in [2.05, 4.69) is 70.5 Å². The summed E-state index contributed by atoms with van der Waals surface area (Å²) in [6, 6.07) is 10.3. The van der Waals surface area contributed by atoms with Gasteiger partial charge in [0.15, 0.2) is 0 Å². The molecule has 124 valence electrons. The molecule has 0 aliphatic rings. The Labute approximate surface area is 146 Å². The van der Waals surface area contributed by atoms with Crippen molar-refractivity contribution in [3.05, 3.63) is 83.5 Å². The van der Waals surface area contributed by atoms with Crippen LogP contribution in [0.25, 0.3) is 11.6 Å². The van der Waals surface area contributed by atoms with E-state index in [4.69, 9.17) is 0 Å². The Hall–Kier alpha value is -2.54. The van der Waals surface area contributed by atoms with Gasteiger partial charge in [0.25, 0.3) is 0 Å². The monoisotopic (exact) mass is 317 g/mol. The fourth-order valence-corrected chi connectivity index (χ4v) is 3.11. The Bertz CT molecular complexity index is 780. The normalized spacial score (nSPS) is 10.8. The van der Waals surface area contributed by atoms with E-state index in [0.717, 1.165) is 23.4 Å². The smallest absolute Gasteiger partial charge is 0.0504 e. The van der Waals surface area contributed by atoms with Crippen molar-refractivity contribution in [2.24, 2.45) is 0 Å². The molecule has 0 bridgehead atoms. The summed E-state index contributed by atoms with van der Waals surface area (Å²) in [5.41, 5.74) is 9.64. The molecule has 2 aromatic carbocycles. The van der Waals surface area contributed by atoms with Crippen molar-refractivity contribution in [3.8, 4) is 0 Å². The van der Waals surface area contributed by atoms with Crippen LogP contribution in [0, 0.1) is 13.8 Å². The molecule has 1 heteroatoms. The predicted molar refractivity (Wildman–Crippen MR) is 109 cm³/mol. The number of rotatable bonds is 6. The van der Waals surface area contributed by atoms with Gasteiger partial charge in [0, 0.05) is 11.3 Å². The molecule has 1 nitrogen and oxygen atoms in total. The third kappa shape index (κ3) is 3.51. The highest BCUT2D eigenvalue weighted by Crippen LogP contribution is 2.38. The van der Waals surface area contributed by atoms with Gasteiger partial charge >= 0.3 is 0 Å². The maximum Gasteiger partial charge on any atom is 0.0504 e. The lowest BCUT2D eigenvalue weighted by atomic mass is 9.86. The Balaban J connectivity index is 2.80. The topological polar surface area (TPSA) is 12.0 Å². The second-order valence-corrected chi connectivity index (χ2v) is 6.16. The fourth-order valence-electron chi connectivity index (χ4n) is 3.11. The highest BCUT2D eigenvalue weighted by molar-refractivity contribution is 5.88. The lowest BCUT2D eigenvalue weighted by Crippen LogP contribution is -2.07. The number of para-hydroxylation sites is 1. The number of anilines is 2. The maximum atomic E-state index is 4.24. The van der Waals surface area contributed by atoms with E-state index in [0.29, 0.717) is 0 Å². The van der Waals surface area contributed by atoms with Crippen LogP contribution in [0.5, 0.6) is 0 Å². The standard InChI is InChI=1S/C23H27N/c1-7-12-20-17(5)18(6)21(13-8-2)23(22(20)16(3)4)24-19-14-10-9-11-15-19/h7-12,14-15,24H,2-3,13H2,1,4-6H3/b12-7+. The van der Waals surface area contributed by atoms with Crippen LogP contribution in [-0.4, -0.2) is 0 Å². The molecule has 1 N–H and O–H groups in total. The van der Waals surface area contributed by atoms with Crippen molar-refractivity contribution in [2.45, 2.75) is 34.1 Å². The Morgan fingerprint density at radius 2 is 1.79 bits per heavy atom. The zero-order valence-electron chi connectivity index (χ0n) is 15.2. The second-order valence-electron chi connectivity index (χ2n) is 6.16. The summed E-state index contributed by atoms with van der Waals surface area (Å²) in [4.78, 5) is 0. The summed E-state index contributed by atoms with van der Waals surface area (Å²) in [7, 11) is 0. The van der Waals surface area contributed by atoms with Gasteiger partial charge in [-0.2, -0.15) is 0 Å². The van der Waals surface area contributed by atoms with E-state index in [1.807, 2.05) is 24.3 Å². The van der Waals surface area contributed by atoms with Gasteiger partial charge in [-0.3, -0.25) is 0 Å². The largest absolute Gasteiger partial charge is 0.355 e. The van der Waals surface area contributed by atoms with Crippen LogP contribution < -0.4 is 5.32 Å². The first-order valence-electron chi connectivity index (χ1n) is 8.38. The first kappa shape index (κ1) is 17.8. The van der Waals surface area contributed by atoms with Crippen molar-refractivity contribution < 1.29 is 0 Å². The molecule has 0 heterocycles. The average Bonchev–Trinajstić information content (AvgIpc) is 2.57. The number of benzene rings is 2. The Morgan fingerprint density at radius 1 is 1.12 bits per heavy atom. The van der Waals surface area contributed by atoms with Crippen LogP contribution in [0.2, 0.25) is 0 Å². The molecule has 0 amide bonds. The molecule has 0 saturated carbocycles. The maximum absolute atomic E-state index is 4.24. The van der Waals surface area contributed by atoms with E-state index in [1.54, 1.807) is 0 Å². The summed E-state index contributed by atoms with van der Waals surface area (Å²) in [5, 5.41) is 3.63. The molecule has 0 spiro atoms. The average molecular weight is 317 g/mol. The van der Waals surface area contributed by atoms with Crippen molar-refractivity contribution in [1.29, 1.82) is 0 Å². The summed E-state index contributed by atoms with van der Waals surface area (Å²) in [6.07, 6.45) is 7.07. The molecule has 0 unspecified atom stereocenters. The molecular weight excluding hydrogens is 290 g/mol. The number of allylic oxidation sites excluding steroid dienone is 3. The molecule has 0 radical (unpaired) electrons. The van der Waals surface area contributed by atoms with Crippen molar-refractivity contribution in [2.75, 3.05) is 5.32 Å². The van der Waals surface area contributed by atoms with E-state index in [9.17, 15) is 0 Å². The van der Waals surface area contributed by atoms with Gasteiger partial charge in [0.1, 0.15) is 0 Å². The minimum absolute atomic E-state index is 0.832. The van der Waals surface area contributed by atoms with E-state index in [1.165, 1.54) is 27.8 Å². The first-order chi connectivity index (χ1) is 11.5.